The van der Waals surface area contributed by atoms with Crippen LogP contribution in [0.15, 0.2) is 76.3 Å². The molecule has 0 unspecified atom stereocenters. The smallest absolute Gasteiger partial charge is 0.308 e. The number of anilines is 1. The molecule has 2 heterocycles. The maximum atomic E-state index is 13.2. The Morgan fingerprint density at radius 3 is 2.53 bits per heavy atom. The molecular weight excluding hydrogens is 448 g/mol. The number of hydrogen-bond acceptors (Lipinski definition) is 6. The first-order valence-electron chi connectivity index (χ1n) is 10.1. The Labute approximate surface area is 190 Å². The minimum absolute atomic E-state index is 0.180. The van der Waals surface area contributed by atoms with Crippen molar-refractivity contribution in [2.75, 3.05) is 18.5 Å². The van der Waals surface area contributed by atoms with E-state index >= 15 is 0 Å². The van der Waals surface area contributed by atoms with Crippen molar-refractivity contribution in [2.45, 2.75) is 23.1 Å². The zero-order chi connectivity index (χ0) is 22.6. The normalized spacial score (nSPS) is 16.2. The van der Waals surface area contributed by atoms with Gasteiger partial charge in [0.05, 0.1) is 12.5 Å². The summed E-state index contributed by atoms with van der Waals surface area (Å²) in [6.07, 6.45) is 0.381. The lowest BCUT2D eigenvalue weighted by Crippen LogP contribution is -2.41. The van der Waals surface area contributed by atoms with Gasteiger partial charge in [-0.05, 0) is 41.1 Å². The van der Waals surface area contributed by atoms with Crippen LogP contribution in [-0.4, -0.2) is 37.8 Å². The summed E-state index contributed by atoms with van der Waals surface area (Å²) in [6, 6.07) is 18.9. The van der Waals surface area contributed by atoms with E-state index in [1.54, 1.807) is 41.8 Å². The Bertz CT molecular complexity index is 1190. The van der Waals surface area contributed by atoms with E-state index < -0.39 is 34.5 Å². The van der Waals surface area contributed by atoms with E-state index in [-0.39, 0.29) is 17.2 Å². The molecule has 1 amide bonds. The molecule has 0 aliphatic carbocycles. The number of carbonyl (C=O) groups excluding carboxylic acids is 2. The van der Waals surface area contributed by atoms with Crippen LogP contribution in [-0.2, 0) is 30.8 Å². The Hall–Kier alpha value is -3.01. The molecule has 1 aliphatic rings. The average molecular weight is 471 g/mol. The number of hydrogen-bond donors (Lipinski definition) is 1. The molecule has 1 aliphatic heterocycles. The molecule has 1 aromatic heterocycles. The van der Waals surface area contributed by atoms with E-state index in [1.165, 1.54) is 4.31 Å². The Balaban J connectivity index is 1.48. The fourth-order valence-electron chi connectivity index (χ4n) is 3.74. The van der Waals surface area contributed by atoms with Gasteiger partial charge < -0.3 is 10.1 Å². The van der Waals surface area contributed by atoms with Crippen molar-refractivity contribution in [1.29, 1.82) is 0 Å². The molecule has 0 bridgehead atoms. The molecule has 0 spiro atoms. The fourth-order valence-corrected chi connectivity index (χ4v) is 6.46. The van der Waals surface area contributed by atoms with E-state index in [9.17, 15) is 18.0 Å². The number of esters is 1. The lowest BCUT2D eigenvalue weighted by atomic mass is 9.92. The van der Waals surface area contributed by atoms with Gasteiger partial charge in [0.15, 0.2) is 6.61 Å². The van der Waals surface area contributed by atoms with Crippen molar-refractivity contribution < 1.29 is 22.7 Å². The highest BCUT2D eigenvalue weighted by atomic mass is 32.2. The van der Waals surface area contributed by atoms with Gasteiger partial charge in [0.2, 0.25) is 0 Å². The second-order valence-electron chi connectivity index (χ2n) is 7.29. The predicted molar refractivity (Wildman–Crippen MR) is 122 cm³/mol. The first-order chi connectivity index (χ1) is 15.4. The molecule has 7 nitrogen and oxygen atoms in total. The summed E-state index contributed by atoms with van der Waals surface area (Å²) < 4.78 is 33.3. The van der Waals surface area contributed by atoms with Gasteiger partial charge in [-0.3, -0.25) is 9.59 Å². The van der Waals surface area contributed by atoms with Crippen LogP contribution < -0.4 is 5.32 Å². The van der Waals surface area contributed by atoms with Crippen LogP contribution in [0.25, 0.3) is 0 Å². The number of carbonyl (C=O) groups is 2. The monoisotopic (exact) mass is 470 g/mol. The minimum Gasteiger partial charge on any atom is -0.456 e. The number of ether oxygens (including phenoxy) is 1. The molecule has 2 aromatic carbocycles. The number of thiophene rings is 1. The highest BCUT2D eigenvalue weighted by molar-refractivity contribution is 7.91. The molecule has 1 N–H and O–H groups in total. The first kappa shape index (κ1) is 22.2. The summed E-state index contributed by atoms with van der Waals surface area (Å²) in [5.41, 5.74) is 2.39. The van der Waals surface area contributed by atoms with Crippen LogP contribution in [0.5, 0.6) is 0 Å². The number of nitrogens with one attached hydrogen (secondary N) is 1. The topological polar surface area (TPSA) is 92.8 Å². The molecule has 9 heteroatoms. The van der Waals surface area contributed by atoms with Crippen molar-refractivity contribution in [3.63, 3.8) is 0 Å². The van der Waals surface area contributed by atoms with Gasteiger partial charge in [-0.1, -0.05) is 48.5 Å². The summed E-state index contributed by atoms with van der Waals surface area (Å²) in [4.78, 5) is 24.7. The third-order valence-electron chi connectivity index (χ3n) is 5.20. The highest BCUT2D eigenvalue weighted by Gasteiger charge is 2.38. The number of sulfonamides is 1. The summed E-state index contributed by atoms with van der Waals surface area (Å²) in [5, 5.41) is 4.35. The maximum absolute atomic E-state index is 13.2. The van der Waals surface area contributed by atoms with Gasteiger partial charge >= 0.3 is 5.97 Å². The number of benzene rings is 2. The van der Waals surface area contributed by atoms with Crippen LogP contribution in [0.2, 0.25) is 0 Å². The molecule has 0 fully saturated rings. The van der Waals surface area contributed by atoms with Gasteiger partial charge in [0.25, 0.3) is 15.9 Å². The molecule has 0 radical (unpaired) electrons. The second kappa shape index (κ2) is 9.64. The number of nitrogens with zero attached hydrogens (tertiary/aromatic N) is 1. The molecule has 4 rings (SSSR count). The van der Waals surface area contributed by atoms with Gasteiger partial charge in [-0.25, -0.2) is 8.42 Å². The Kier molecular flexibility index (Phi) is 6.69. The SMILES string of the molecule is O=C(COC(=O)C[C@@H]1c2ccccc2CCN1S(=O)(=O)c1cccs1)Nc1ccccc1. The third-order valence-corrected chi connectivity index (χ3v) is 8.48. The zero-order valence-corrected chi connectivity index (χ0v) is 18.8. The van der Waals surface area contributed by atoms with Gasteiger partial charge in [0.1, 0.15) is 4.21 Å². The molecule has 32 heavy (non-hydrogen) atoms. The van der Waals surface area contributed by atoms with Crippen LogP contribution >= 0.6 is 11.3 Å². The zero-order valence-electron chi connectivity index (χ0n) is 17.1. The van der Waals surface area contributed by atoms with E-state index in [4.69, 9.17) is 4.74 Å². The number of fused-ring (bicyclic) bond motifs is 1. The molecule has 0 saturated carbocycles. The highest BCUT2D eigenvalue weighted by Crippen LogP contribution is 2.37. The number of para-hydroxylation sites is 1. The lowest BCUT2D eigenvalue weighted by molar-refractivity contribution is -0.148. The Morgan fingerprint density at radius 1 is 1.03 bits per heavy atom. The summed E-state index contributed by atoms with van der Waals surface area (Å²) in [7, 11) is -3.76. The third kappa shape index (κ3) is 4.90. The van der Waals surface area contributed by atoms with Crippen molar-refractivity contribution in [2.24, 2.45) is 0 Å². The summed E-state index contributed by atoms with van der Waals surface area (Å²) >= 11 is 1.14. The molecule has 3 aromatic rings. The molecule has 1 atom stereocenters. The predicted octanol–water partition coefficient (Wildman–Crippen LogP) is 3.61. The molecular formula is C23H22N2O5S2. The number of amides is 1. The van der Waals surface area contributed by atoms with Crippen molar-refractivity contribution in [1.82, 2.24) is 4.31 Å². The van der Waals surface area contributed by atoms with Gasteiger partial charge in [-0.15, -0.1) is 11.3 Å². The molecule has 0 saturated heterocycles. The van der Waals surface area contributed by atoms with Crippen molar-refractivity contribution >= 4 is 38.9 Å². The average Bonchev–Trinajstić information content (AvgIpc) is 3.34. The second-order valence-corrected chi connectivity index (χ2v) is 10.4. The number of rotatable bonds is 7. The summed E-state index contributed by atoms with van der Waals surface area (Å²) in [5.74, 6) is -1.10. The lowest BCUT2D eigenvalue weighted by Gasteiger charge is -2.35. The van der Waals surface area contributed by atoms with E-state index in [0.29, 0.717) is 12.1 Å². The molecule has 166 valence electrons. The summed E-state index contributed by atoms with van der Waals surface area (Å²) in [6.45, 7) is -0.177. The first-order valence-corrected chi connectivity index (χ1v) is 12.4. The quantitative estimate of drug-likeness (QED) is 0.533. The van der Waals surface area contributed by atoms with Crippen LogP contribution in [0.1, 0.15) is 23.6 Å². The van der Waals surface area contributed by atoms with Crippen molar-refractivity contribution in [3.05, 3.63) is 83.2 Å². The van der Waals surface area contributed by atoms with Crippen molar-refractivity contribution in [3.8, 4) is 0 Å². The van der Waals surface area contributed by atoms with Crippen LogP contribution in [0, 0.1) is 0 Å². The van der Waals surface area contributed by atoms with Crippen LogP contribution in [0.3, 0.4) is 0 Å². The maximum Gasteiger partial charge on any atom is 0.308 e. The fraction of sp³-hybridized carbons (Fsp3) is 0.217. The van der Waals surface area contributed by atoms with E-state index in [2.05, 4.69) is 5.32 Å². The standard InChI is InChI=1S/C23H22N2O5S2/c26-21(24-18-8-2-1-3-9-18)16-30-22(27)15-20-19-10-5-4-7-17(19)12-13-25(20)32(28,29)23-11-6-14-31-23/h1-11,14,20H,12-13,15-16H2,(H,24,26)/t20-/m1/s1. The van der Waals surface area contributed by atoms with Crippen LogP contribution in [0.4, 0.5) is 5.69 Å². The Morgan fingerprint density at radius 2 is 1.78 bits per heavy atom. The van der Waals surface area contributed by atoms with Gasteiger partial charge in [-0.2, -0.15) is 4.31 Å². The van der Waals surface area contributed by atoms with E-state index in [0.717, 1.165) is 22.5 Å². The van der Waals surface area contributed by atoms with E-state index in [1.807, 2.05) is 30.3 Å². The largest absolute Gasteiger partial charge is 0.456 e. The van der Waals surface area contributed by atoms with Gasteiger partial charge in [0, 0.05) is 12.2 Å². The minimum atomic E-state index is -3.76.